The zero-order chi connectivity index (χ0) is 40.7. The first-order chi connectivity index (χ1) is 26.4. The van der Waals surface area contributed by atoms with E-state index < -0.39 is 63.2 Å². The number of phosphoric acid groups is 1. The van der Waals surface area contributed by atoms with E-state index in [9.17, 15) is 44.9 Å². The van der Waals surface area contributed by atoms with Crippen molar-refractivity contribution in [2.24, 2.45) is 0 Å². The van der Waals surface area contributed by atoms with Crippen molar-refractivity contribution in [2.75, 3.05) is 6.61 Å². The third-order valence-corrected chi connectivity index (χ3v) is 12.2. The molecule has 0 radical (unpaired) electrons. The van der Waals surface area contributed by atoms with Crippen LogP contribution in [0.4, 0.5) is 0 Å². The number of hydrogen-bond acceptors (Lipinski definition) is 10. The fraction of sp³-hybridized carbons (Fsp3) is 0.976. The summed E-state index contributed by atoms with van der Waals surface area (Å²) >= 11 is 0. The van der Waals surface area contributed by atoms with Crippen molar-refractivity contribution in [1.29, 1.82) is 0 Å². The van der Waals surface area contributed by atoms with E-state index in [4.69, 9.17) is 9.05 Å². The largest absolute Gasteiger partial charge is 0.472 e. The number of carbonyl (C=O) groups excluding carboxylic acids is 1. The van der Waals surface area contributed by atoms with Crippen LogP contribution in [0.25, 0.3) is 0 Å². The minimum atomic E-state index is -5.05. The highest BCUT2D eigenvalue weighted by Gasteiger charge is 2.51. The fourth-order valence-electron chi connectivity index (χ4n) is 7.44. The van der Waals surface area contributed by atoms with Crippen LogP contribution in [0, 0.1) is 0 Å². The van der Waals surface area contributed by atoms with Crippen LogP contribution in [0.15, 0.2) is 0 Å². The summed E-state index contributed by atoms with van der Waals surface area (Å²) in [6.45, 7) is 3.88. The van der Waals surface area contributed by atoms with Gasteiger partial charge in [0.1, 0.15) is 36.6 Å². The summed E-state index contributed by atoms with van der Waals surface area (Å²) in [4.78, 5) is 23.3. The van der Waals surface area contributed by atoms with Gasteiger partial charge in [0.25, 0.3) is 0 Å². The molecule has 1 saturated carbocycles. The van der Waals surface area contributed by atoms with Gasteiger partial charge in [-0.3, -0.25) is 13.8 Å². The van der Waals surface area contributed by atoms with Crippen LogP contribution in [-0.2, 0) is 18.4 Å². The van der Waals surface area contributed by atoms with Crippen LogP contribution in [0.3, 0.4) is 0 Å². The average Bonchev–Trinajstić information content (AvgIpc) is 3.16. The standard InChI is InChI=1S/C42H84NO11P/c1-3-5-7-9-11-13-15-16-17-18-19-20-22-23-25-27-29-31-35(44)34(43-36(45)32-30-28-26-24-21-14-12-10-8-6-4-2)33-53-55(51,52)54-42-40(49)38(47)37(46)39(48)41(42)50/h34-35,37-42,44,46-50H,3-33H2,1-2H3,(H,43,45)(H,51,52)/t34-,35+,37?,38+,39?,40?,41?,42?/m0/s1. The summed E-state index contributed by atoms with van der Waals surface area (Å²) in [5.41, 5.74) is 0. The van der Waals surface area contributed by atoms with Gasteiger partial charge in [0, 0.05) is 6.42 Å². The molecule has 1 aliphatic rings. The summed E-state index contributed by atoms with van der Waals surface area (Å²) in [5.74, 6) is -0.307. The molecule has 1 amide bonds. The summed E-state index contributed by atoms with van der Waals surface area (Å²) < 4.78 is 22.9. The van der Waals surface area contributed by atoms with Gasteiger partial charge in [-0.05, 0) is 12.8 Å². The molecule has 55 heavy (non-hydrogen) atoms. The van der Waals surface area contributed by atoms with Crippen LogP contribution in [0.2, 0.25) is 0 Å². The van der Waals surface area contributed by atoms with Crippen LogP contribution in [0.1, 0.15) is 206 Å². The van der Waals surface area contributed by atoms with Gasteiger partial charge < -0.3 is 40.8 Å². The SMILES string of the molecule is CCCCCCCCCCCCCCCCCCC[C@@H](O)[C@H](COP(=O)(O)OC1C(O)C(O)C(O)[C@@H](O)C1O)NC(=O)CCCCCCCCCCCCC. The second kappa shape index (κ2) is 33.2. The van der Waals surface area contributed by atoms with Gasteiger partial charge in [-0.25, -0.2) is 4.57 Å². The first kappa shape index (κ1) is 52.4. The highest BCUT2D eigenvalue weighted by Crippen LogP contribution is 2.47. The first-order valence-electron chi connectivity index (χ1n) is 22.5. The van der Waals surface area contributed by atoms with E-state index in [0.717, 1.165) is 38.5 Å². The van der Waals surface area contributed by atoms with Gasteiger partial charge in [0.05, 0.1) is 18.8 Å². The second-order valence-corrected chi connectivity index (χ2v) is 17.7. The monoisotopic (exact) mass is 810 g/mol. The molecular weight excluding hydrogens is 725 g/mol. The molecule has 0 heterocycles. The lowest BCUT2D eigenvalue weighted by atomic mass is 9.85. The average molecular weight is 810 g/mol. The maximum Gasteiger partial charge on any atom is 0.472 e. The number of carbonyl (C=O) groups is 1. The number of aliphatic hydroxyl groups is 6. The molecule has 1 fully saturated rings. The number of nitrogens with one attached hydrogen (secondary N) is 1. The predicted octanol–water partition coefficient (Wildman–Crippen LogP) is 7.90. The lowest BCUT2D eigenvalue weighted by Crippen LogP contribution is -2.64. The zero-order valence-corrected chi connectivity index (χ0v) is 35.6. The normalized spacial score (nSPS) is 23.7. The van der Waals surface area contributed by atoms with Crippen molar-refractivity contribution in [3.05, 3.63) is 0 Å². The van der Waals surface area contributed by atoms with Crippen LogP contribution in [-0.4, -0.2) is 96.8 Å². The van der Waals surface area contributed by atoms with E-state index in [-0.39, 0.29) is 12.3 Å². The lowest BCUT2D eigenvalue weighted by Gasteiger charge is -2.41. The molecule has 0 bridgehead atoms. The Morgan fingerprint density at radius 1 is 0.545 bits per heavy atom. The molecule has 6 unspecified atom stereocenters. The quantitative estimate of drug-likeness (QED) is 0.0224. The van der Waals surface area contributed by atoms with Crippen molar-refractivity contribution in [1.82, 2.24) is 5.32 Å². The van der Waals surface area contributed by atoms with E-state index >= 15 is 0 Å². The first-order valence-corrected chi connectivity index (χ1v) is 24.0. The Hall–Kier alpha value is -0.660. The molecule has 0 aromatic carbocycles. The van der Waals surface area contributed by atoms with Crippen LogP contribution >= 0.6 is 7.82 Å². The minimum absolute atomic E-state index is 0.241. The Morgan fingerprint density at radius 3 is 1.25 bits per heavy atom. The van der Waals surface area contributed by atoms with Gasteiger partial charge in [0.15, 0.2) is 0 Å². The number of phosphoric ester groups is 1. The van der Waals surface area contributed by atoms with E-state index in [2.05, 4.69) is 19.2 Å². The summed E-state index contributed by atoms with van der Waals surface area (Å²) in [6, 6.07) is -1.02. The molecule has 0 spiro atoms. The van der Waals surface area contributed by atoms with E-state index in [0.29, 0.717) is 19.3 Å². The molecule has 1 aliphatic carbocycles. The molecule has 0 aromatic rings. The van der Waals surface area contributed by atoms with Gasteiger partial charge in [-0.1, -0.05) is 187 Å². The number of rotatable bonds is 37. The van der Waals surface area contributed by atoms with Gasteiger partial charge in [-0.2, -0.15) is 0 Å². The Labute approximate surface area is 334 Å². The van der Waals surface area contributed by atoms with Gasteiger partial charge in [-0.15, -0.1) is 0 Å². The van der Waals surface area contributed by atoms with E-state index in [1.807, 2.05) is 0 Å². The molecule has 9 atom stereocenters. The lowest BCUT2D eigenvalue weighted by molar-refractivity contribution is -0.220. The van der Waals surface area contributed by atoms with E-state index in [1.54, 1.807) is 0 Å². The second-order valence-electron chi connectivity index (χ2n) is 16.3. The molecule has 8 N–H and O–H groups in total. The molecule has 13 heteroatoms. The smallest absolute Gasteiger partial charge is 0.391 e. The highest BCUT2D eigenvalue weighted by atomic mass is 31.2. The topological polar surface area (TPSA) is 206 Å². The Bertz CT molecular complexity index is 946. The van der Waals surface area contributed by atoms with Gasteiger partial charge >= 0.3 is 7.82 Å². The van der Waals surface area contributed by atoms with Crippen molar-refractivity contribution in [3.8, 4) is 0 Å². The third kappa shape index (κ3) is 25.4. The summed E-state index contributed by atoms with van der Waals surface area (Å²) in [5, 5.41) is 64.0. The number of aliphatic hydroxyl groups excluding tert-OH is 6. The number of unbranched alkanes of at least 4 members (excludes halogenated alkanes) is 26. The number of amides is 1. The Kier molecular flexibility index (Phi) is 31.6. The third-order valence-electron chi connectivity index (χ3n) is 11.2. The van der Waals surface area contributed by atoms with Crippen LogP contribution in [0.5, 0.6) is 0 Å². The molecule has 328 valence electrons. The summed E-state index contributed by atoms with van der Waals surface area (Å²) in [6.07, 6.45) is 21.4. The molecule has 12 nitrogen and oxygen atoms in total. The molecular formula is C42H84NO11P. The van der Waals surface area contributed by atoms with Gasteiger partial charge in [0.2, 0.25) is 5.91 Å². The van der Waals surface area contributed by atoms with Crippen molar-refractivity contribution in [3.63, 3.8) is 0 Å². The summed E-state index contributed by atoms with van der Waals surface area (Å²) in [7, 11) is -5.05. The maximum atomic E-state index is 12.9. The van der Waals surface area contributed by atoms with Crippen molar-refractivity contribution >= 4 is 13.7 Å². The zero-order valence-electron chi connectivity index (χ0n) is 34.7. The molecule has 1 rings (SSSR count). The predicted molar refractivity (Wildman–Crippen MR) is 218 cm³/mol. The highest BCUT2D eigenvalue weighted by molar-refractivity contribution is 7.47. The molecule has 0 aliphatic heterocycles. The van der Waals surface area contributed by atoms with Crippen molar-refractivity contribution in [2.45, 2.75) is 255 Å². The Morgan fingerprint density at radius 2 is 0.873 bits per heavy atom. The maximum absolute atomic E-state index is 12.9. The fourth-order valence-corrected chi connectivity index (χ4v) is 8.40. The molecule has 0 aromatic heterocycles. The molecule has 0 saturated heterocycles. The number of hydrogen-bond donors (Lipinski definition) is 8. The Balaban J connectivity index is 2.47. The minimum Gasteiger partial charge on any atom is -0.391 e. The van der Waals surface area contributed by atoms with Crippen molar-refractivity contribution < 1.29 is 53.9 Å². The van der Waals surface area contributed by atoms with E-state index in [1.165, 1.54) is 128 Å². The van der Waals surface area contributed by atoms with Crippen LogP contribution < -0.4 is 5.32 Å².